The van der Waals surface area contributed by atoms with Gasteiger partial charge in [0.25, 0.3) is 0 Å². The average Bonchev–Trinajstić information content (AvgIpc) is 2.27. The summed E-state index contributed by atoms with van der Waals surface area (Å²) < 4.78 is 0. The Labute approximate surface area is 107 Å². The maximum absolute atomic E-state index is 12.2. The monoisotopic (exact) mass is 257 g/mol. The number of nitrogens with two attached hydrogens (primary N) is 2. The fourth-order valence-electron chi connectivity index (χ4n) is 1.89. The van der Waals surface area contributed by atoms with E-state index in [0.717, 1.165) is 12.8 Å². The number of carbonyl (C=O) groups is 2. The molecule has 0 radical (unpaired) electrons. The van der Waals surface area contributed by atoms with Crippen LogP contribution in [-0.4, -0.2) is 34.8 Å². The second-order valence-corrected chi connectivity index (χ2v) is 5.42. The van der Waals surface area contributed by atoms with E-state index in [1.807, 2.05) is 0 Å². The van der Waals surface area contributed by atoms with Crippen molar-refractivity contribution in [1.29, 1.82) is 0 Å². The van der Waals surface area contributed by atoms with E-state index in [1.54, 1.807) is 18.7 Å². The second kappa shape index (κ2) is 5.00. The van der Waals surface area contributed by atoms with E-state index in [-0.39, 0.29) is 22.7 Å². The third-order valence-electron chi connectivity index (χ3n) is 3.26. The predicted octanol–water partition coefficient (Wildman–Crippen LogP) is 0.0226. The highest BCUT2D eigenvalue weighted by atomic mass is 32.1. The number of nitrogens with zero attached hydrogens (tertiary/aromatic N) is 1. The lowest BCUT2D eigenvalue weighted by Gasteiger charge is -2.36. The largest absolute Gasteiger partial charge is 0.392 e. The van der Waals surface area contributed by atoms with Gasteiger partial charge in [-0.3, -0.25) is 9.59 Å². The first-order chi connectivity index (χ1) is 7.76. The normalized spacial score (nSPS) is 21.1. The van der Waals surface area contributed by atoms with Crippen LogP contribution in [0.5, 0.6) is 0 Å². The average molecular weight is 257 g/mol. The first-order valence-corrected chi connectivity index (χ1v) is 6.06. The molecule has 0 aromatic rings. The molecule has 1 aliphatic heterocycles. The molecule has 0 aromatic carbocycles. The number of piperidine rings is 1. The van der Waals surface area contributed by atoms with Crippen molar-refractivity contribution in [2.75, 3.05) is 13.1 Å². The van der Waals surface area contributed by atoms with Crippen LogP contribution in [0, 0.1) is 11.3 Å². The van der Waals surface area contributed by atoms with E-state index in [1.165, 1.54) is 0 Å². The number of hydrogen-bond donors (Lipinski definition) is 2. The van der Waals surface area contributed by atoms with Gasteiger partial charge in [-0.2, -0.15) is 0 Å². The first-order valence-electron chi connectivity index (χ1n) is 5.65. The number of amides is 2. The molecule has 6 heteroatoms. The van der Waals surface area contributed by atoms with Gasteiger partial charge in [-0.25, -0.2) is 0 Å². The lowest BCUT2D eigenvalue weighted by molar-refractivity contribution is -0.140. The van der Waals surface area contributed by atoms with Crippen molar-refractivity contribution in [3.05, 3.63) is 0 Å². The Morgan fingerprint density at radius 1 is 1.35 bits per heavy atom. The third-order valence-corrected chi connectivity index (χ3v) is 3.77. The highest BCUT2D eigenvalue weighted by Crippen LogP contribution is 2.24. The topological polar surface area (TPSA) is 89.4 Å². The van der Waals surface area contributed by atoms with Gasteiger partial charge in [0.1, 0.15) is 0 Å². The molecule has 1 saturated heterocycles. The second-order valence-electron chi connectivity index (χ2n) is 4.98. The van der Waals surface area contributed by atoms with Crippen LogP contribution in [0.25, 0.3) is 0 Å². The summed E-state index contributed by atoms with van der Waals surface area (Å²) in [4.78, 5) is 25.2. The van der Waals surface area contributed by atoms with Gasteiger partial charge in [0.2, 0.25) is 11.8 Å². The first kappa shape index (κ1) is 13.9. The van der Waals surface area contributed by atoms with E-state index < -0.39 is 5.41 Å². The fourth-order valence-corrected chi connectivity index (χ4v) is 1.98. The molecule has 0 spiro atoms. The third kappa shape index (κ3) is 2.94. The Morgan fingerprint density at radius 3 is 2.41 bits per heavy atom. The molecule has 0 saturated carbocycles. The highest BCUT2D eigenvalue weighted by molar-refractivity contribution is 7.80. The van der Waals surface area contributed by atoms with E-state index in [4.69, 9.17) is 23.7 Å². The zero-order valence-corrected chi connectivity index (χ0v) is 11.0. The van der Waals surface area contributed by atoms with Crippen molar-refractivity contribution in [3.63, 3.8) is 0 Å². The van der Waals surface area contributed by atoms with Gasteiger partial charge >= 0.3 is 0 Å². The summed E-state index contributed by atoms with van der Waals surface area (Å²) in [7, 11) is 0. The van der Waals surface area contributed by atoms with Gasteiger partial charge in [-0.1, -0.05) is 12.2 Å². The van der Waals surface area contributed by atoms with Gasteiger partial charge in [-0.05, 0) is 26.7 Å². The Bertz CT molecular complexity index is 355. The van der Waals surface area contributed by atoms with Crippen LogP contribution in [0.3, 0.4) is 0 Å². The van der Waals surface area contributed by atoms with E-state index in [0.29, 0.717) is 13.1 Å². The van der Waals surface area contributed by atoms with Crippen LogP contribution >= 0.6 is 12.2 Å². The molecule has 96 valence electrons. The van der Waals surface area contributed by atoms with Crippen molar-refractivity contribution in [1.82, 2.24) is 4.90 Å². The van der Waals surface area contributed by atoms with E-state index in [9.17, 15) is 9.59 Å². The fraction of sp³-hybridized carbons (Fsp3) is 0.727. The van der Waals surface area contributed by atoms with Crippen LogP contribution in [0.2, 0.25) is 0 Å². The molecule has 1 unspecified atom stereocenters. The Hall–Kier alpha value is -1.17. The molecule has 0 aromatic heterocycles. The van der Waals surface area contributed by atoms with Crippen molar-refractivity contribution in [3.8, 4) is 0 Å². The standard InChI is InChI=1S/C11H19N3O2S/c1-11(2,9(13)17)10(16)14-5-3-4-7(6-14)8(12)15/h7H,3-6H2,1-2H3,(H2,12,15)(H2,13,17). The van der Waals surface area contributed by atoms with Crippen LogP contribution < -0.4 is 11.5 Å². The predicted molar refractivity (Wildman–Crippen MR) is 69.1 cm³/mol. The number of carbonyl (C=O) groups excluding carboxylic acids is 2. The summed E-state index contributed by atoms with van der Waals surface area (Å²) >= 11 is 4.90. The van der Waals surface area contributed by atoms with Crippen molar-refractivity contribution >= 4 is 29.0 Å². The minimum Gasteiger partial charge on any atom is -0.392 e. The zero-order chi connectivity index (χ0) is 13.2. The van der Waals surface area contributed by atoms with Gasteiger partial charge < -0.3 is 16.4 Å². The molecule has 4 N–H and O–H groups in total. The summed E-state index contributed by atoms with van der Waals surface area (Å²) in [6.07, 6.45) is 1.53. The van der Waals surface area contributed by atoms with Crippen LogP contribution in [0.1, 0.15) is 26.7 Å². The van der Waals surface area contributed by atoms with Gasteiger partial charge in [0.15, 0.2) is 0 Å². The molecule has 0 aliphatic carbocycles. The molecular weight excluding hydrogens is 238 g/mol. The molecular formula is C11H19N3O2S. The molecule has 1 atom stereocenters. The van der Waals surface area contributed by atoms with Crippen LogP contribution in [0.4, 0.5) is 0 Å². The maximum atomic E-state index is 12.2. The van der Waals surface area contributed by atoms with Crippen molar-refractivity contribution < 1.29 is 9.59 Å². The van der Waals surface area contributed by atoms with Gasteiger partial charge in [0, 0.05) is 13.1 Å². The number of rotatable bonds is 3. The summed E-state index contributed by atoms with van der Waals surface area (Å²) in [6, 6.07) is 0. The Morgan fingerprint density at radius 2 is 1.94 bits per heavy atom. The number of primary amides is 1. The summed E-state index contributed by atoms with van der Waals surface area (Å²) in [5.74, 6) is -0.735. The lowest BCUT2D eigenvalue weighted by atomic mass is 9.89. The molecule has 17 heavy (non-hydrogen) atoms. The summed E-state index contributed by atoms with van der Waals surface area (Å²) in [5, 5.41) is 0. The van der Waals surface area contributed by atoms with Crippen LogP contribution in [0.15, 0.2) is 0 Å². The van der Waals surface area contributed by atoms with E-state index >= 15 is 0 Å². The Kier molecular flexibility index (Phi) is 4.08. The molecule has 1 rings (SSSR count). The van der Waals surface area contributed by atoms with Crippen molar-refractivity contribution in [2.24, 2.45) is 22.8 Å². The minimum atomic E-state index is -0.866. The minimum absolute atomic E-state index is 0.129. The molecule has 1 aliphatic rings. The molecule has 5 nitrogen and oxygen atoms in total. The zero-order valence-electron chi connectivity index (χ0n) is 10.2. The van der Waals surface area contributed by atoms with E-state index in [2.05, 4.69) is 0 Å². The quantitative estimate of drug-likeness (QED) is 0.698. The van der Waals surface area contributed by atoms with Crippen LogP contribution in [-0.2, 0) is 9.59 Å². The molecule has 1 heterocycles. The summed E-state index contributed by atoms with van der Waals surface area (Å²) in [6.45, 7) is 4.41. The lowest BCUT2D eigenvalue weighted by Crippen LogP contribution is -2.51. The Balaban J connectivity index is 2.76. The molecule has 1 fully saturated rings. The van der Waals surface area contributed by atoms with Gasteiger partial charge in [-0.15, -0.1) is 0 Å². The molecule has 0 bridgehead atoms. The van der Waals surface area contributed by atoms with Crippen molar-refractivity contribution in [2.45, 2.75) is 26.7 Å². The SMILES string of the molecule is CC(C)(C(=O)N1CCCC(C(N)=O)C1)C(N)=S. The molecule has 2 amide bonds. The number of thiocarbonyl (C=S) groups is 1. The number of hydrogen-bond acceptors (Lipinski definition) is 3. The van der Waals surface area contributed by atoms with Gasteiger partial charge in [0.05, 0.1) is 16.3 Å². The smallest absolute Gasteiger partial charge is 0.235 e. The number of likely N-dealkylation sites (tertiary alicyclic amines) is 1. The highest BCUT2D eigenvalue weighted by Gasteiger charge is 2.37. The maximum Gasteiger partial charge on any atom is 0.235 e. The summed E-state index contributed by atoms with van der Waals surface area (Å²) in [5.41, 5.74) is 9.97.